The lowest BCUT2D eigenvalue weighted by Gasteiger charge is -2.19. The molecule has 0 atom stereocenters. The maximum absolute atomic E-state index is 12.2. The standard InChI is InChI=1S/C18H21N5O5/c1-5-8-27-15(24)11-10-13-20-14(12-7-6-9-26-12)22-23(13)16(19-11)21-17(25)28-18(2,3)4/h6-7,9-10H,5,8H2,1-4H3,(H,19,21,25). The third-order valence-electron chi connectivity index (χ3n) is 3.33. The van der Waals surface area contributed by atoms with E-state index in [0.717, 1.165) is 0 Å². The monoisotopic (exact) mass is 387 g/mol. The van der Waals surface area contributed by atoms with Crippen LogP contribution in [0.5, 0.6) is 0 Å². The van der Waals surface area contributed by atoms with E-state index in [1.165, 1.54) is 16.8 Å². The first-order valence-corrected chi connectivity index (χ1v) is 8.75. The van der Waals surface area contributed by atoms with Gasteiger partial charge in [0.2, 0.25) is 11.8 Å². The summed E-state index contributed by atoms with van der Waals surface area (Å²) < 4.78 is 17.0. The fourth-order valence-corrected chi connectivity index (χ4v) is 2.25. The summed E-state index contributed by atoms with van der Waals surface area (Å²) in [4.78, 5) is 32.9. The van der Waals surface area contributed by atoms with Crippen molar-refractivity contribution < 1.29 is 23.5 Å². The van der Waals surface area contributed by atoms with Crippen molar-refractivity contribution in [2.75, 3.05) is 11.9 Å². The number of rotatable bonds is 5. The Bertz CT molecular complexity index is 988. The highest BCUT2D eigenvalue weighted by atomic mass is 16.6. The lowest BCUT2D eigenvalue weighted by Crippen LogP contribution is -2.28. The zero-order valence-corrected chi connectivity index (χ0v) is 16.1. The van der Waals surface area contributed by atoms with Crippen LogP contribution in [-0.2, 0) is 9.47 Å². The summed E-state index contributed by atoms with van der Waals surface area (Å²) in [6, 6.07) is 4.82. The number of hydrogen-bond donors (Lipinski definition) is 1. The first-order chi connectivity index (χ1) is 13.3. The molecule has 0 spiro atoms. The van der Waals surface area contributed by atoms with E-state index in [-0.39, 0.29) is 29.7 Å². The molecule has 3 aromatic heterocycles. The van der Waals surface area contributed by atoms with Crippen molar-refractivity contribution in [3.05, 3.63) is 30.2 Å². The molecule has 1 N–H and O–H groups in total. The van der Waals surface area contributed by atoms with Gasteiger partial charge in [-0.15, -0.1) is 5.10 Å². The van der Waals surface area contributed by atoms with E-state index in [2.05, 4.69) is 20.4 Å². The molecule has 0 unspecified atom stereocenters. The molecule has 1 amide bonds. The number of fused-ring (bicyclic) bond motifs is 1. The number of esters is 1. The first-order valence-electron chi connectivity index (χ1n) is 8.75. The highest BCUT2D eigenvalue weighted by Crippen LogP contribution is 2.20. The van der Waals surface area contributed by atoms with Crippen LogP contribution in [0.2, 0.25) is 0 Å². The molecule has 0 aliphatic rings. The third-order valence-corrected chi connectivity index (χ3v) is 3.33. The Labute approximate surface area is 160 Å². The van der Waals surface area contributed by atoms with Gasteiger partial charge in [-0.1, -0.05) is 6.92 Å². The molecule has 3 aromatic rings. The number of ether oxygens (including phenoxy) is 2. The van der Waals surface area contributed by atoms with Crippen LogP contribution in [0.15, 0.2) is 28.9 Å². The number of furan rings is 1. The van der Waals surface area contributed by atoms with E-state index in [4.69, 9.17) is 13.9 Å². The lowest BCUT2D eigenvalue weighted by molar-refractivity contribution is 0.0496. The van der Waals surface area contributed by atoms with Gasteiger partial charge in [-0.25, -0.2) is 19.6 Å². The zero-order chi connectivity index (χ0) is 20.3. The molecule has 28 heavy (non-hydrogen) atoms. The van der Waals surface area contributed by atoms with Crippen molar-refractivity contribution in [2.24, 2.45) is 0 Å². The topological polar surface area (TPSA) is 121 Å². The van der Waals surface area contributed by atoms with Gasteiger partial charge in [0.1, 0.15) is 5.60 Å². The number of aromatic nitrogens is 4. The Morgan fingerprint density at radius 2 is 2.07 bits per heavy atom. The second-order valence-corrected chi connectivity index (χ2v) is 6.91. The molecule has 3 rings (SSSR count). The van der Waals surface area contributed by atoms with E-state index in [1.54, 1.807) is 32.9 Å². The molecule has 0 radical (unpaired) electrons. The van der Waals surface area contributed by atoms with Crippen LogP contribution in [0.4, 0.5) is 10.7 Å². The number of nitrogens with zero attached hydrogens (tertiary/aromatic N) is 4. The number of carbonyl (C=O) groups is 2. The van der Waals surface area contributed by atoms with Crippen LogP contribution in [0, 0.1) is 0 Å². The molecule has 10 heteroatoms. The van der Waals surface area contributed by atoms with E-state index in [1.807, 2.05) is 6.92 Å². The highest BCUT2D eigenvalue weighted by Gasteiger charge is 2.22. The van der Waals surface area contributed by atoms with Gasteiger partial charge in [0.15, 0.2) is 17.1 Å². The zero-order valence-electron chi connectivity index (χ0n) is 16.1. The molecule has 148 valence electrons. The van der Waals surface area contributed by atoms with Gasteiger partial charge < -0.3 is 13.9 Å². The number of amides is 1. The predicted molar refractivity (Wildman–Crippen MR) is 98.9 cm³/mol. The van der Waals surface area contributed by atoms with Crippen LogP contribution in [0.3, 0.4) is 0 Å². The number of nitrogens with one attached hydrogen (secondary N) is 1. The summed E-state index contributed by atoms with van der Waals surface area (Å²) in [5, 5.41) is 6.80. The molecule has 10 nitrogen and oxygen atoms in total. The summed E-state index contributed by atoms with van der Waals surface area (Å²) in [6.45, 7) is 7.34. The summed E-state index contributed by atoms with van der Waals surface area (Å²) in [7, 11) is 0. The smallest absolute Gasteiger partial charge is 0.414 e. The van der Waals surface area contributed by atoms with E-state index in [9.17, 15) is 9.59 Å². The van der Waals surface area contributed by atoms with Crippen LogP contribution >= 0.6 is 0 Å². The van der Waals surface area contributed by atoms with Crippen LogP contribution in [0.25, 0.3) is 17.2 Å². The van der Waals surface area contributed by atoms with Crippen molar-refractivity contribution in [3.63, 3.8) is 0 Å². The highest BCUT2D eigenvalue weighted by molar-refractivity contribution is 5.90. The molecule has 3 heterocycles. The van der Waals surface area contributed by atoms with Gasteiger partial charge in [-0.2, -0.15) is 4.52 Å². The van der Waals surface area contributed by atoms with Crippen molar-refractivity contribution in [1.82, 2.24) is 19.6 Å². The molecule has 0 aliphatic carbocycles. The van der Waals surface area contributed by atoms with Gasteiger partial charge in [0.05, 0.1) is 12.9 Å². The molecular formula is C18H21N5O5. The fourth-order valence-electron chi connectivity index (χ4n) is 2.25. The molecule has 0 aliphatic heterocycles. The molecule has 0 aromatic carbocycles. The SMILES string of the molecule is CCCOC(=O)c1cc2nc(-c3ccco3)nn2c(NC(=O)OC(C)(C)C)n1. The van der Waals surface area contributed by atoms with Crippen LogP contribution in [0.1, 0.15) is 44.6 Å². The lowest BCUT2D eigenvalue weighted by atomic mass is 10.2. The largest absolute Gasteiger partial charge is 0.461 e. The Morgan fingerprint density at radius 3 is 2.71 bits per heavy atom. The Kier molecular flexibility index (Phi) is 5.30. The average molecular weight is 387 g/mol. The Hall–Kier alpha value is -3.43. The van der Waals surface area contributed by atoms with Gasteiger partial charge in [-0.05, 0) is 39.3 Å². The minimum absolute atomic E-state index is 0.00889. The second-order valence-electron chi connectivity index (χ2n) is 6.91. The van der Waals surface area contributed by atoms with Crippen molar-refractivity contribution in [1.29, 1.82) is 0 Å². The van der Waals surface area contributed by atoms with E-state index >= 15 is 0 Å². The predicted octanol–water partition coefficient (Wildman–Crippen LogP) is 3.30. The van der Waals surface area contributed by atoms with Crippen LogP contribution < -0.4 is 5.32 Å². The number of carbonyl (C=O) groups excluding carboxylic acids is 2. The molecule has 0 bridgehead atoms. The Morgan fingerprint density at radius 1 is 1.29 bits per heavy atom. The molecule has 0 saturated heterocycles. The maximum atomic E-state index is 12.2. The fraction of sp³-hybridized carbons (Fsp3) is 0.389. The van der Waals surface area contributed by atoms with Gasteiger partial charge in [0.25, 0.3) is 0 Å². The number of anilines is 1. The maximum Gasteiger partial charge on any atom is 0.414 e. The summed E-state index contributed by atoms with van der Waals surface area (Å²) >= 11 is 0. The normalized spacial score (nSPS) is 11.4. The van der Waals surface area contributed by atoms with Crippen molar-refractivity contribution >= 4 is 23.7 Å². The van der Waals surface area contributed by atoms with Gasteiger partial charge >= 0.3 is 12.1 Å². The third kappa shape index (κ3) is 4.45. The first kappa shape index (κ1) is 19.3. The van der Waals surface area contributed by atoms with Crippen molar-refractivity contribution in [3.8, 4) is 11.6 Å². The number of hydrogen-bond acceptors (Lipinski definition) is 8. The Balaban J connectivity index is 2.02. The molecule has 0 saturated carbocycles. The van der Waals surface area contributed by atoms with E-state index < -0.39 is 17.7 Å². The quantitative estimate of drug-likeness (QED) is 0.662. The summed E-state index contributed by atoms with van der Waals surface area (Å²) in [6.07, 6.45) is 1.42. The minimum Gasteiger partial charge on any atom is -0.461 e. The minimum atomic E-state index is -0.740. The summed E-state index contributed by atoms with van der Waals surface area (Å²) in [5.41, 5.74) is -0.427. The molecule has 0 fully saturated rings. The second kappa shape index (κ2) is 7.67. The molecular weight excluding hydrogens is 366 g/mol. The summed E-state index contributed by atoms with van der Waals surface area (Å²) in [5.74, 6) is 0.0554. The van der Waals surface area contributed by atoms with E-state index in [0.29, 0.717) is 12.2 Å². The van der Waals surface area contributed by atoms with Crippen molar-refractivity contribution in [2.45, 2.75) is 39.7 Å². The average Bonchev–Trinajstić information content (AvgIpc) is 3.26. The van der Waals surface area contributed by atoms with Gasteiger partial charge in [-0.3, -0.25) is 5.32 Å². The van der Waals surface area contributed by atoms with Crippen LogP contribution in [-0.4, -0.2) is 43.9 Å². The van der Waals surface area contributed by atoms with Gasteiger partial charge in [0, 0.05) is 6.07 Å².